The molecular weight excluding hydrogens is 311 g/mol. The second-order valence-corrected chi connectivity index (χ2v) is 5.70. The van der Waals surface area contributed by atoms with Gasteiger partial charge in [0.25, 0.3) is 0 Å². The molecule has 0 atom stereocenters. The molecule has 0 radical (unpaired) electrons. The summed E-state index contributed by atoms with van der Waals surface area (Å²) in [4.78, 5) is 11.0. The van der Waals surface area contributed by atoms with Crippen LogP contribution in [0.3, 0.4) is 0 Å². The standard InChI is InChI=1S/C10H4F3N5O2S/c1-21(19,20)7-6(17-10(13)18-8(7)11)4-3-15-9(12)16-5(4)2-14/h3H,1H3. The fraction of sp³-hybridized carbons (Fsp3) is 0.100. The van der Waals surface area contributed by atoms with Crippen LogP contribution in [0.25, 0.3) is 11.3 Å². The largest absolute Gasteiger partial charge is 0.311 e. The van der Waals surface area contributed by atoms with E-state index in [0.717, 1.165) is 0 Å². The van der Waals surface area contributed by atoms with E-state index in [1.807, 2.05) is 0 Å². The van der Waals surface area contributed by atoms with E-state index >= 15 is 0 Å². The molecule has 0 aliphatic rings. The van der Waals surface area contributed by atoms with Gasteiger partial charge in [0.05, 0.1) is 5.56 Å². The van der Waals surface area contributed by atoms with Crippen LogP contribution in [0.2, 0.25) is 0 Å². The Morgan fingerprint density at radius 2 is 1.81 bits per heavy atom. The van der Waals surface area contributed by atoms with E-state index < -0.39 is 49.8 Å². The minimum Gasteiger partial charge on any atom is -0.224 e. The maximum atomic E-state index is 13.6. The van der Waals surface area contributed by atoms with Gasteiger partial charge in [-0.15, -0.1) is 0 Å². The maximum Gasteiger partial charge on any atom is 0.311 e. The van der Waals surface area contributed by atoms with Gasteiger partial charge in [0.2, 0.25) is 5.95 Å². The summed E-state index contributed by atoms with van der Waals surface area (Å²) in [5.41, 5.74) is -1.80. The van der Waals surface area contributed by atoms with Crippen molar-refractivity contribution < 1.29 is 21.6 Å². The number of sulfone groups is 1. The molecule has 0 aliphatic carbocycles. The first kappa shape index (κ1) is 14.8. The van der Waals surface area contributed by atoms with E-state index in [9.17, 15) is 21.6 Å². The summed E-state index contributed by atoms with van der Waals surface area (Å²) < 4.78 is 62.8. The molecule has 0 amide bonds. The van der Waals surface area contributed by atoms with Crippen LogP contribution >= 0.6 is 0 Å². The Labute approximate surface area is 116 Å². The second-order valence-electron chi connectivity index (χ2n) is 3.75. The third-order valence-corrected chi connectivity index (χ3v) is 3.39. The molecule has 0 aliphatic heterocycles. The Hall–Kier alpha value is -2.61. The van der Waals surface area contributed by atoms with Gasteiger partial charge in [-0.25, -0.2) is 18.4 Å². The highest BCUT2D eigenvalue weighted by Crippen LogP contribution is 2.28. The zero-order chi connectivity index (χ0) is 15.8. The highest BCUT2D eigenvalue weighted by atomic mass is 32.2. The molecule has 0 saturated carbocycles. The Morgan fingerprint density at radius 3 is 2.38 bits per heavy atom. The number of nitriles is 1. The summed E-state index contributed by atoms with van der Waals surface area (Å²) in [6.45, 7) is 0. The Bertz CT molecular complexity index is 879. The molecule has 7 nitrogen and oxygen atoms in total. The first-order valence-electron chi connectivity index (χ1n) is 5.10. The van der Waals surface area contributed by atoms with Crippen molar-refractivity contribution in [3.63, 3.8) is 0 Å². The minimum atomic E-state index is -4.19. The summed E-state index contributed by atoms with van der Waals surface area (Å²) in [7, 11) is -4.19. The van der Waals surface area contributed by atoms with Gasteiger partial charge in [0.15, 0.2) is 15.5 Å². The molecule has 0 spiro atoms. The van der Waals surface area contributed by atoms with Gasteiger partial charge in [-0.2, -0.15) is 28.4 Å². The number of halogens is 3. The van der Waals surface area contributed by atoms with Gasteiger partial charge < -0.3 is 0 Å². The van der Waals surface area contributed by atoms with Crippen molar-refractivity contribution in [2.24, 2.45) is 0 Å². The first-order valence-corrected chi connectivity index (χ1v) is 6.99. The van der Waals surface area contributed by atoms with E-state index in [2.05, 4.69) is 19.9 Å². The van der Waals surface area contributed by atoms with Crippen LogP contribution < -0.4 is 0 Å². The molecule has 0 saturated heterocycles. The van der Waals surface area contributed by atoms with Crippen LogP contribution in [0.1, 0.15) is 5.69 Å². The van der Waals surface area contributed by atoms with Crippen molar-refractivity contribution in [1.82, 2.24) is 19.9 Å². The van der Waals surface area contributed by atoms with E-state index in [1.54, 1.807) is 0 Å². The average Bonchev–Trinajstić information content (AvgIpc) is 2.35. The molecule has 2 aromatic heterocycles. The predicted octanol–water partition coefficient (Wildman–Crippen LogP) is 0.626. The van der Waals surface area contributed by atoms with Crippen molar-refractivity contribution in [2.75, 3.05) is 6.26 Å². The SMILES string of the molecule is CS(=O)(=O)c1c(F)nc(F)nc1-c1cnc(F)nc1C#N. The normalized spacial score (nSPS) is 11.2. The van der Waals surface area contributed by atoms with Gasteiger partial charge in [-0.1, -0.05) is 0 Å². The topological polar surface area (TPSA) is 109 Å². The molecule has 11 heteroatoms. The minimum absolute atomic E-state index is 0.431. The van der Waals surface area contributed by atoms with Gasteiger partial charge in [-0.05, 0) is 0 Å². The van der Waals surface area contributed by atoms with Crippen LogP contribution in [0.15, 0.2) is 11.1 Å². The van der Waals surface area contributed by atoms with Crippen LogP contribution in [-0.4, -0.2) is 34.6 Å². The maximum absolute atomic E-state index is 13.6. The van der Waals surface area contributed by atoms with E-state index in [-0.39, 0.29) is 0 Å². The van der Waals surface area contributed by atoms with Crippen molar-refractivity contribution in [3.8, 4) is 17.3 Å². The predicted molar refractivity (Wildman–Crippen MR) is 60.8 cm³/mol. The Morgan fingerprint density at radius 1 is 1.14 bits per heavy atom. The summed E-state index contributed by atoms with van der Waals surface area (Å²) in [6, 6.07) is 1.46. The van der Waals surface area contributed by atoms with Crippen LogP contribution in [0.4, 0.5) is 13.2 Å². The fourth-order valence-electron chi connectivity index (χ4n) is 1.53. The van der Waals surface area contributed by atoms with Gasteiger partial charge in [0, 0.05) is 12.5 Å². The van der Waals surface area contributed by atoms with Crippen molar-refractivity contribution >= 4 is 9.84 Å². The monoisotopic (exact) mass is 315 g/mol. The lowest BCUT2D eigenvalue weighted by atomic mass is 10.1. The van der Waals surface area contributed by atoms with Gasteiger partial charge in [0.1, 0.15) is 16.7 Å². The molecule has 108 valence electrons. The zero-order valence-corrected chi connectivity index (χ0v) is 11.0. The summed E-state index contributed by atoms with van der Waals surface area (Å²) >= 11 is 0. The summed E-state index contributed by atoms with van der Waals surface area (Å²) in [6.07, 6.45) is -1.46. The summed E-state index contributed by atoms with van der Waals surface area (Å²) in [5.74, 6) is -1.63. The molecule has 0 bridgehead atoms. The second kappa shape index (κ2) is 5.06. The molecule has 2 aromatic rings. The number of nitrogens with zero attached hydrogens (tertiary/aromatic N) is 5. The Balaban J connectivity index is 2.91. The van der Waals surface area contributed by atoms with E-state index in [4.69, 9.17) is 5.26 Å². The molecular formula is C10H4F3N5O2S. The first-order chi connectivity index (χ1) is 9.74. The highest BCUT2D eigenvalue weighted by molar-refractivity contribution is 7.90. The van der Waals surface area contributed by atoms with Gasteiger partial charge >= 0.3 is 12.2 Å². The quantitative estimate of drug-likeness (QED) is 0.590. The number of aromatic nitrogens is 4. The van der Waals surface area contributed by atoms with E-state index in [1.165, 1.54) is 6.07 Å². The van der Waals surface area contributed by atoms with E-state index in [0.29, 0.717) is 12.5 Å². The Kier molecular flexibility index (Phi) is 3.56. The third-order valence-electron chi connectivity index (χ3n) is 2.29. The fourth-order valence-corrected chi connectivity index (χ4v) is 2.39. The molecule has 0 aromatic carbocycles. The van der Waals surface area contributed by atoms with Gasteiger partial charge in [-0.3, -0.25) is 0 Å². The third kappa shape index (κ3) is 2.79. The molecule has 0 fully saturated rings. The smallest absolute Gasteiger partial charge is 0.224 e. The lowest BCUT2D eigenvalue weighted by molar-refractivity contribution is 0.464. The molecule has 2 rings (SSSR count). The highest BCUT2D eigenvalue weighted by Gasteiger charge is 2.26. The molecule has 21 heavy (non-hydrogen) atoms. The molecule has 0 unspecified atom stereocenters. The van der Waals surface area contributed by atoms with Crippen LogP contribution in [0.5, 0.6) is 0 Å². The van der Waals surface area contributed by atoms with Crippen LogP contribution in [-0.2, 0) is 9.84 Å². The number of hydrogen-bond acceptors (Lipinski definition) is 7. The lowest BCUT2D eigenvalue weighted by Crippen LogP contribution is -2.11. The van der Waals surface area contributed by atoms with Crippen molar-refractivity contribution in [3.05, 3.63) is 30.0 Å². The summed E-state index contributed by atoms with van der Waals surface area (Å²) in [5, 5.41) is 8.85. The lowest BCUT2D eigenvalue weighted by Gasteiger charge is -2.08. The number of rotatable bonds is 2. The number of hydrogen-bond donors (Lipinski definition) is 0. The molecule has 2 heterocycles. The zero-order valence-electron chi connectivity index (χ0n) is 10.2. The van der Waals surface area contributed by atoms with Crippen molar-refractivity contribution in [2.45, 2.75) is 4.90 Å². The molecule has 0 N–H and O–H groups in total. The van der Waals surface area contributed by atoms with Crippen LogP contribution in [0, 0.1) is 29.4 Å². The van der Waals surface area contributed by atoms with Crippen molar-refractivity contribution in [1.29, 1.82) is 5.26 Å². The average molecular weight is 315 g/mol.